The summed E-state index contributed by atoms with van der Waals surface area (Å²) in [6.45, 7) is 2.24. The predicted molar refractivity (Wildman–Crippen MR) is 104 cm³/mol. The fourth-order valence-corrected chi connectivity index (χ4v) is 2.42. The van der Waals surface area contributed by atoms with E-state index in [1.54, 1.807) is 24.3 Å². The molecule has 2 N–H and O–H groups in total. The van der Waals surface area contributed by atoms with E-state index in [0.717, 1.165) is 5.56 Å². The maximum absolute atomic E-state index is 12.1. The van der Waals surface area contributed by atoms with Gasteiger partial charge in [-0.3, -0.25) is 14.4 Å². The van der Waals surface area contributed by atoms with Crippen LogP contribution in [0.3, 0.4) is 0 Å². The summed E-state index contributed by atoms with van der Waals surface area (Å²) >= 11 is 0. The molecule has 0 unspecified atom stereocenters. The van der Waals surface area contributed by atoms with Crippen LogP contribution >= 0.6 is 0 Å². The van der Waals surface area contributed by atoms with Gasteiger partial charge in [-0.05, 0) is 43.2 Å². The number of anilines is 1. The Kier molecular flexibility index (Phi) is 7.55. The summed E-state index contributed by atoms with van der Waals surface area (Å²) in [6.07, 6.45) is 1.18. The van der Waals surface area contributed by atoms with Crippen molar-refractivity contribution in [3.8, 4) is 0 Å². The second kappa shape index (κ2) is 10.1. The lowest BCUT2D eigenvalue weighted by atomic mass is 10.1. The molecule has 2 aromatic rings. The number of nitrogens with one attached hydrogen (secondary N) is 2. The Morgan fingerprint density at radius 3 is 2.22 bits per heavy atom. The molecule has 0 saturated heterocycles. The van der Waals surface area contributed by atoms with E-state index in [4.69, 9.17) is 0 Å². The number of rotatable bonds is 8. The van der Waals surface area contributed by atoms with Crippen molar-refractivity contribution in [1.29, 1.82) is 0 Å². The number of carbonyl (C=O) groups is 3. The molecule has 0 aliphatic carbocycles. The Morgan fingerprint density at radius 1 is 0.926 bits per heavy atom. The zero-order valence-electron chi connectivity index (χ0n) is 15.6. The molecule has 0 aliphatic rings. The van der Waals surface area contributed by atoms with Gasteiger partial charge in [-0.1, -0.05) is 29.8 Å². The van der Waals surface area contributed by atoms with Gasteiger partial charge in [0, 0.05) is 24.2 Å². The van der Waals surface area contributed by atoms with Gasteiger partial charge in [0.2, 0.25) is 5.91 Å². The minimum atomic E-state index is -0.376. The van der Waals surface area contributed by atoms with Crippen molar-refractivity contribution in [3.63, 3.8) is 0 Å². The lowest BCUT2D eigenvalue weighted by molar-refractivity contribution is -0.140. The van der Waals surface area contributed by atoms with Crippen LogP contribution in [0, 0.1) is 6.92 Å². The summed E-state index contributed by atoms with van der Waals surface area (Å²) in [4.78, 5) is 35.1. The largest absolute Gasteiger partial charge is 0.469 e. The molecule has 0 atom stereocenters. The highest BCUT2D eigenvalue weighted by atomic mass is 16.5. The van der Waals surface area contributed by atoms with Gasteiger partial charge in [-0.25, -0.2) is 0 Å². The second-order valence-electron chi connectivity index (χ2n) is 6.19. The smallest absolute Gasteiger partial charge is 0.307 e. The number of methoxy groups -OCH3 is 1. The summed E-state index contributed by atoms with van der Waals surface area (Å²) in [6, 6.07) is 14.7. The molecule has 2 rings (SSSR count). The van der Waals surface area contributed by atoms with E-state index < -0.39 is 0 Å². The quantitative estimate of drug-likeness (QED) is 0.702. The van der Waals surface area contributed by atoms with E-state index in [9.17, 15) is 14.4 Å². The third-order valence-electron chi connectivity index (χ3n) is 4.03. The highest BCUT2D eigenvalue weighted by molar-refractivity contribution is 5.96. The zero-order valence-corrected chi connectivity index (χ0v) is 15.6. The number of carbonyl (C=O) groups excluding carboxylic acids is 3. The molecule has 0 saturated carbocycles. The molecule has 0 aromatic heterocycles. The first-order chi connectivity index (χ1) is 13.0. The van der Waals surface area contributed by atoms with Gasteiger partial charge >= 0.3 is 5.97 Å². The van der Waals surface area contributed by atoms with Crippen LogP contribution in [0.5, 0.6) is 0 Å². The van der Waals surface area contributed by atoms with E-state index in [-0.39, 0.29) is 30.7 Å². The van der Waals surface area contributed by atoms with Gasteiger partial charge in [0.15, 0.2) is 0 Å². The van der Waals surface area contributed by atoms with Crippen LogP contribution in [-0.4, -0.2) is 31.4 Å². The van der Waals surface area contributed by atoms with Crippen molar-refractivity contribution in [2.75, 3.05) is 19.0 Å². The van der Waals surface area contributed by atoms with Crippen molar-refractivity contribution >= 4 is 23.5 Å². The molecule has 6 nitrogen and oxygen atoms in total. The van der Waals surface area contributed by atoms with Crippen molar-refractivity contribution in [3.05, 3.63) is 65.2 Å². The molecule has 0 fully saturated rings. The highest BCUT2D eigenvalue weighted by Gasteiger charge is 2.08. The number of esters is 1. The van der Waals surface area contributed by atoms with E-state index >= 15 is 0 Å². The first-order valence-electron chi connectivity index (χ1n) is 8.78. The molecular formula is C21H24N2O4. The van der Waals surface area contributed by atoms with Crippen molar-refractivity contribution in [2.45, 2.75) is 26.2 Å². The van der Waals surface area contributed by atoms with Gasteiger partial charge in [0.25, 0.3) is 5.91 Å². The minimum absolute atomic E-state index is 0.0779. The van der Waals surface area contributed by atoms with Gasteiger partial charge < -0.3 is 15.4 Å². The summed E-state index contributed by atoms with van der Waals surface area (Å²) in [5.74, 6) is -0.735. The number of hydrogen-bond acceptors (Lipinski definition) is 4. The molecule has 2 aromatic carbocycles. The number of hydrogen-bond donors (Lipinski definition) is 2. The third-order valence-corrected chi connectivity index (χ3v) is 4.03. The molecule has 0 heterocycles. The SMILES string of the molecule is COC(=O)CCNC(=O)c1ccc(NC(=O)CCc2ccc(C)cc2)cc1. The Morgan fingerprint density at radius 2 is 1.59 bits per heavy atom. The van der Waals surface area contributed by atoms with Crippen LogP contribution in [0.15, 0.2) is 48.5 Å². The first kappa shape index (κ1) is 20.2. The Hall–Kier alpha value is -3.15. The van der Waals surface area contributed by atoms with Crippen molar-refractivity contribution in [1.82, 2.24) is 5.32 Å². The fraction of sp³-hybridized carbons (Fsp3) is 0.286. The summed E-state index contributed by atoms with van der Waals surface area (Å²) in [5.41, 5.74) is 3.40. The summed E-state index contributed by atoms with van der Waals surface area (Å²) in [5, 5.41) is 5.46. The molecule has 0 aliphatic heterocycles. The topological polar surface area (TPSA) is 84.5 Å². The van der Waals surface area contributed by atoms with Gasteiger partial charge in [-0.15, -0.1) is 0 Å². The van der Waals surface area contributed by atoms with Crippen LogP contribution in [0.25, 0.3) is 0 Å². The summed E-state index contributed by atoms with van der Waals surface area (Å²) in [7, 11) is 1.30. The lowest BCUT2D eigenvalue weighted by Gasteiger charge is -2.08. The van der Waals surface area contributed by atoms with E-state index in [1.165, 1.54) is 12.7 Å². The number of benzene rings is 2. The molecular weight excluding hydrogens is 344 g/mol. The molecule has 2 amide bonds. The third kappa shape index (κ3) is 6.93. The molecule has 6 heteroatoms. The van der Waals surface area contributed by atoms with E-state index in [0.29, 0.717) is 24.1 Å². The van der Waals surface area contributed by atoms with Crippen LogP contribution in [0.1, 0.15) is 34.3 Å². The first-order valence-corrected chi connectivity index (χ1v) is 8.78. The van der Waals surface area contributed by atoms with E-state index in [2.05, 4.69) is 15.4 Å². The maximum Gasteiger partial charge on any atom is 0.307 e. The average Bonchev–Trinajstić information content (AvgIpc) is 2.68. The zero-order chi connectivity index (χ0) is 19.6. The standard InChI is InChI=1S/C21H24N2O4/c1-15-3-5-16(6-4-15)7-12-19(24)23-18-10-8-17(9-11-18)21(26)22-14-13-20(25)27-2/h3-6,8-11H,7,12-14H2,1-2H3,(H,22,26)(H,23,24). The van der Waals surface area contributed by atoms with Crippen LogP contribution < -0.4 is 10.6 Å². The predicted octanol–water partition coefficient (Wildman–Crippen LogP) is 2.86. The molecule has 0 bridgehead atoms. The normalized spacial score (nSPS) is 10.1. The van der Waals surface area contributed by atoms with Crippen LogP contribution in [0.2, 0.25) is 0 Å². The Labute approximate surface area is 158 Å². The van der Waals surface area contributed by atoms with Gasteiger partial charge in [0.05, 0.1) is 13.5 Å². The Bertz CT molecular complexity index is 783. The molecule has 0 spiro atoms. The minimum Gasteiger partial charge on any atom is -0.469 e. The van der Waals surface area contributed by atoms with E-state index in [1.807, 2.05) is 31.2 Å². The maximum atomic E-state index is 12.1. The number of amides is 2. The molecule has 0 radical (unpaired) electrons. The average molecular weight is 368 g/mol. The molecule has 27 heavy (non-hydrogen) atoms. The summed E-state index contributed by atoms with van der Waals surface area (Å²) < 4.78 is 4.51. The van der Waals surface area contributed by atoms with Gasteiger partial charge in [0.1, 0.15) is 0 Å². The second-order valence-corrected chi connectivity index (χ2v) is 6.19. The van der Waals surface area contributed by atoms with Crippen LogP contribution in [-0.2, 0) is 20.7 Å². The monoisotopic (exact) mass is 368 g/mol. The molecule has 142 valence electrons. The number of ether oxygens (including phenoxy) is 1. The van der Waals surface area contributed by atoms with Crippen molar-refractivity contribution in [2.24, 2.45) is 0 Å². The van der Waals surface area contributed by atoms with Gasteiger partial charge in [-0.2, -0.15) is 0 Å². The number of aryl methyl sites for hydroxylation is 2. The van der Waals surface area contributed by atoms with Crippen molar-refractivity contribution < 1.29 is 19.1 Å². The fourth-order valence-electron chi connectivity index (χ4n) is 2.42. The highest BCUT2D eigenvalue weighted by Crippen LogP contribution is 2.11. The Balaban J connectivity index is 1.78. The van der Waals surface area contributed by atoms with Crippen LogP contribution in [0.4, 0.5) is 5.69 Å². The lowest BCUT2D eigenvalue weighted by Crippen LogP contribution is -2.26.